The lowest BCUT2D eigenvalue weighted by Gasteiger charge is -2.11. The van der Waals surface area contributed by atoms with E-state index in [2.05, 4.69) is 140 Å². The van der Waals surface area contributed by atoms with Gasteiger partial charge in [0, 0.05) is 79.3 Å². The zero-order valence-corrected chi connectivity index (χ0v) is 32.7. The maximum absolute atomic E-state index is 5.18. The van der Waals surface area contributed by atoms with Crippen molar-refractivity contribution in [3.8, 4) is 56.8 Å². The quantitative estimate of drug-likeness (QED) is 0.160. The summed E-state index contributed by atoms with van der Waals surface area (Å²) in [5, 5.41) is 4.80. The molecule has 4 heterocycles. The fourth-order valence-corrected chi connectivity index (χ4v) is 10.6. The Morgan fingerprint density at radius 2 is 1.02 bits per heavy atom. The van der Waals surface area contributed by atoms with Gasteiger partial charge < -0.3 is 0 Å². The van der Waals surface area contributed by atoms with Crippen LogP contribution in [0.15, 0.2) is 186 Å². The Hall–Kier alpha value is -6.58. The molecule has 268 valence electrons. The summed E-state index contributed by atoms with van der Waals surface area (Å²) in [5.74, 6) is 2.66. The molecule has 0 fully saturated rings. The van der Waals surface area contributed by atoms with Gasteiger partial charge in [-0.1, -0.05) is 133 Å². The summed E-state index contributed by atoms with van der Waals surface area (Å²) < 4.78 is 4.79. The maximum atomic E-state index is 5.18. The molecule has 7 aromatic carbocycles. The van der Waals surface area contributed by atoms with Crippen molar-refractivity contribution in [2.75, 3.05) is 0 Å². The van der Waals surface area contributed by atoms with Gasteiger partial charge in [-0.2, -0.15) is 0 Å². The Bertz CT molecular complexity index is 3270. The van der Waals surface area contributed by atoms with Crippen LogP contribution in [0.3, 0.4) is 0 Å². The molecule has 11 rings (SSSR count). The second-order valence-corrected chi connectivity index (χ2v) is 16.9. The van der Waals surface area contributed by atoms with Crippen LogP contribution in [0.25, 0.3) is 97.2 Å². The summed E-state index contributed by atoms with van der Waals surface area (Å²) in [7, 11) is 0. The van der Waals surface area contributed by atoms with Gasteiger partial charge in [-0.15, -0.1) is 22.7 Å². The van der Waals surface area contributed by atoms with Gasteiger partial charge in [0.2, 0.25) is 0 Å². The molecule has 0 spiro atoms. The predicted molar refractivity (Wildman–Crippen MR) is 239 cm³/mol. The molecule has 57 heavy (non-hydrogen) atoms. The Morgan fingerprint density at radius 1 is 0.386 bits per heavy atom. The summed E-state index contributed by atoms with van der Waals surface area (Å²) >= 11 is 5.23. The van der Waals surface area contributed by atoms with Crippen molar-refractivity contribution < 1.29 is 0 Å². The maximum Gasteiger partial charge on any atom is 0.165 e. The number of rotatable bonds is 7. The van der Waals surface area contributed by atoms with Gasteiger partial charge in [0.05, 0.1) is 10.6 Å². The number of nitrogens with zero attached hydrogens (tertiary/aromatic N) is 5. The molecular formula is C49H29N5S3. The van der Waals surface area contributed by atoms with Crippen molar-refractivity contribution in [3.63, 3.8) is 0 Å². The zero-order chi connectivity index (χ0) is 37.7. The van der Waals surface area contributed by atoms with E-state index in [1.807, 2.05) is 36.5 Å². The SMILES string of the molecule is c1ccc(Sc2cnc(-c3ccc4c(c3)sc3ccc(-c5nc(-c6ccccc6)nc(-c6cccc7c6sc6ccccc67)n5)cc34)nc2-c2ccccc2)cc1. The van der Waals surface area contributed by atoms with Gasteiger partial charge in [-0.3, -0.25) is 0 Å². The molecule has 8 heteroatoms. The van der Waals surface area contributed by atoms with Crippen LogP contribution in [0.4, 0.5) is 0 Å². The highest BCUT2D eigenvalue weighted by Crippen LogP contribution is 2.42. The first-order valence-corrected chi connectivity index (χ1v) is 21.0. The third-order valence-electron chi connectivity index (χ3n) is 10.1. The van der Waals surface area contributed by atoms with Gasteiger partial charge in [-0.05, 0) is 48.5 Å². The molecule has 0 bridgehead atoms. The molecule has 0 aliphatic carbocycles. The normalized spacial score (nSPS) is 11.6. The van der Waals surface area contributed by atoms with E-state index in [1.54, 1.807) is 34.4 Å². The van der Waals surface area contributed by atoms with Crippen molar-refractivity contribution in [3.05, 3.63) is 176 Å². The summed E-state index contributed by atoms with van der Waals surface area (Å²) in [5.41, 5.74) is 5.86. The number of hydrogen-bond acceptors (Lipinski definition) is 8. The van der Waals surface area contributed by atoms with Crippen LogP contribution in [-0.2, 0) is 0 Å². The van der Waals surface area contributed by atoms with Crippen LogP contribution in [0.1, 0.15) is 0 Å². The van der Waals surface area contributed by atoms with Gasteiger partial charge in [0.15, 0.2) is 23.3 Å². The Morgan fingerprint density at radius 3 is 1.84 bits per heavy atom. The Balaban J connectivity index is 1.01. The van der Waals surface area contributed by atoms with E-state index in [4.69, 9.17) is 24.9 Å². The molecule has 0 aliphatic heterocycles. The van der Waals surface area contributed by atoms with Crippen LogP contribution >= 0.6 is 34.4 Å². The molecule has 0 atom stereocenters. The largest absolute Gasteiger partial charge is 0.235 e. The minimum atomic E-state index is 0.644. The van der Waals surface area contributed by atoms with Crippen LogP contribution in [0.5, 0.6) is 0 Å². The minimum Gasteiger partial charge on any atom is -0.235 e. The van der Waals surface area contributed by atoms with Crippen LogP contribution in [0.2, 0.25) is 0 Å². The van der Waals surface area contributed by atoms with E-state index >= 15 is 0 Å². The highest BCUT2D eigenvalue weighted by molar-refractivity contribution is 7.99. The van der Waals surface area contributed by atoms with Crippen molar-refractivity contribution in [1.29, 1.82) is 0 Å². The number of aromatic nitrogens is 5. The van der Waals surface area contributed by atoms with Crippen LogP contribution in [0, 0.1) is 0 Å². The molecule has 0 aliphatic rings. The fourth-order valence-electron chi connectivity index (χ4n) is 7.32. The van der Waals surface area contributed by atoms with E-state index in [1.165, 1.54) is 35.0 Å². The second kappa shape index (κ2) is 14.2. The van der Waals surface area contributed by atoms with Crippen molar-refractivity contribution in [1.82, 2.24) is 24.9 Å². The number of thiophene rings is 2. The summed E-state index contributed by atoms with van der Waals surface area (Å²) in [6, 6.07) is 59.0. The summed E-state index contributed by atoms with van der Waals surface area (Å²) in [4.78, 5) is 27.6. The van der Waals surface area contributed by atoms with Crippen molar-refractivity contribution in [2.24, 2.45) is 0 Å². The number of hydrogen-bond donors (Lipinski definition) is 0. The van der Waals surface area contributed by atoms with E-state index in [-0.39, 0.29) is 0 Å². The predicted octanol–water partition coefficient (Wildman–Crippen LogP) is 13.9. The van der Waals surface area contributed by atoms with Gasteiger partial charge in [0.25, 0.3) is 0 Å². The molecule has 0 saturated heterocycles. The van der Waals surface area contributed by atoms with E-state index in [0.717, 1.165) is 48.7 Å². The number of benzene rings is 7. The first-order chi connectivity index (χ1) is 28.2. The highest BCUT2D eigenvalue weighted by atomic mass is 32.2. The average Bonchev–Trinajstić information content (AvgIpc) is 3.85. The monoisotopic (exact) mass is 783 g/mol. The lowest BCUT2D eigenvalue weighted by atomic mass is 10.1. The standard InChI is InChI=1S/C49H29N5S3/c1-4-13-30(14-5-1)44-43(55-34-17-8-3-9-18-34)29-50-46(51-44)33-23-25-36-39-27-32(24-26-41(39)56-42(36)28-33)48-52-47(31-15-6-2-7-16-31)53-49(54-48)38-21-12-20-37-35-19-10-11-22-40(35)57-45(37)38/h1-29H. The van der Waals surface area contributed by atoms with Crippen LogP contribution < -0.4 is 0 Å². The van der Waals surface area contributed by atoms with Gasteiger partial charge >= 0.3 is 0 Å². The Kier molecular flexibility index (Phi) is 8.39. The molecule has 5 nitrogen and oxygen atoms in total. The van der Waals surface area contributed by atoms with E-state index in [0.29, 0.717) is 23.3 Å². The highest BCUT2D eigenvalue weighted by Gasteiger charge is 2.18. The average molecular weight is 784 g/mol. The van der Waals surface area contributed by atoms with Gasteiger partial charge in [0.1, 0.15) is 0 Å². The zero-order valence-electron chi connectivity index (χ0n) is 30.2. The molecule has 0 amide bonds. The van der Waals surface area contributed by atoms with E-state index < -0.39 is 0 Å². The third-order valence-corrected chi connectivity index (χ3v) is 13.5. The van der Waals surface area contributed by atoms with Crippen molar-refractivity contribution in [2.45, 2.75) is 9.79 Å². The first kappa shape index (κ1) is 33.7. The minimum absolute atomic E-state index is 0.644. The number of fused-ring (bicyclic) bond motifs is 6. The fraction of sp³-hybridized carbons (Fsp3) is 0. The Labute approximate surface area is 340 Å². The molecule has 0 N–H and O–H groups in total. The smallest absolute Gasteiger partial charge is 0.165 e. The lowest BCUT2D eigenvalue weighted by molar-refractivity contribution is 1.08. The summed E-state index contributed by atoms with van der Waals surface area (Å²) in [6.07, 6.45) is 1.96. The second-order valence-electron chi connectivity index (χ2n) is 13.7. The molecule has 0 unspecified atom stereocenters. The van der Waals surface area contributed by atoms with Gasteiger partial charge in [-0.25, -0.2) is 24.9 Å². The molecule has 11 aromatic rings. The molecule has 4 aromatic heterocycles. The van der Waals surface area contributed by atoms with Crippen molar-refractivity contribution >= 4 is 74.8 Å². The van der Waals surface area contributed by atoms with E-state index in [9.17, 15) is 0 Å². The molecular weight excluding hydrogens is 755 g/mol. The van der Waals surface area contributed by atoms with Crippen LogP contribution in [-0.4, -0.2) is 24.9 Å². The molecule has 0 radical (unpaired) electrons. The first-order valence-electron chi connectivity index (χ1n) is 18.6. The topological polar surface area (TPSA) is 64.5 Å². The molecule has 0 saturated carbocycles. The third kappa shape index (κ3) is 6.24. The lowest BCUT2D eigenvalue weighted by Crippen LogP contribution is -2.00. The summed E-state index contributed by atoms with van der Waals surface area (Å²) in [6.45, 7) is 0.